The van der Waals surface area contributed by atoms with Crippen LogP contribution in [0.3, 0.4) is 0 Å². The maximum Gasteiger partial charge on any atom is 0.147 e. The first kappa shape index (κ1) is 22.4. The van der Waals surface area contributed by atoms with Crippen LogP contribution in [-0.2, 0) is 0 Å². The minimum Gasteiger partial charge on any atom is -0.341 e. The van der Waals surface area contributed by atoms with E-state index >= 15 is 0 Å². The number of halogens is 2. The lowest BCUT2D eigenvalue weighted by Gasteiger charge is -2.14. The maximum atomic E-state index is 14.8. The van der Waals surface area contributed by atoms with E-state index in [-0.39, 0.29) is 34.5 Å². The molecule has 0 spiro atoms. The molecule has 2 heterocycles. The summed E-state index contributed by atoms with van der Waals surface area (Å²) < 4.78 is 29.7. The summed E-state index contributed by atoms with van der Waals surface area (Å²) in [5, 5.41) is 6.29. The topological polar surface area (TPSA) is 48.8 Å². The average Bonchev–Trinajstić information content (AvgIpc) is 3.10. The van der Waals surface area contributed by atoms with E-state index in [1.54, 1.807) is 24.3 Å². The molecule has 2 aromatic rings. The summed E-state index contributed by atoms with van der Waals surface area (Å²) >= 11 is 0. The van der Waals surface area contributed by atoms with Crippen molar-refractivity contribution < 1.29 is 8.78 Å². The maximum absolute atomic E-state index is 14.8. The molecule has 0 aromatic heterocycles. The number of amidine groups is 2. The van der Waals surface area contributed by atoms with Gasteiger partial charge in [-0.05, 0) is 75.9 Å². The normalized spacial score (nSPS) is 23.6. The first-order valence-electron chi connectivity index (χ1n) is 11.3. The second kappa shape index (κ2) is 7.98. The molecule has 0 fully saturated rings. The largest absolute Gasteiger partial charge is 0.341 e. The number of anilines is 2. The van der Waals surface area contributed by atoms with E-state index in [1.165, 1.54) is 12.1 Å². The van der Waals surface area contributed by atoms with Gasteiger partial charge in [0, 0.05) is 11.8 Å². The molecular formula is C26H32F2N4. The number of hydrogen-bond donors (Lipinski definition) is 2. The van der Waals surface area contributed by atoms with Crippen molar-refractivity contribution in [3.63, 3.8) is 0 Å². The predicted molar refractivity (Wildman–Crippen MR) is 130 cm³/mol. The lowest BCUT2D eigenvalue weighted by Crippen LogP contribution is -2.17. The summed E-state index contributed by atoms with van der Waals surface area (Å²) in [5.41, 5.74) is 1.73. The van der Waals surface area contributed by atoms with Crippen LogP contribution in [0.5, 0.6) is 0 Å². The molecule has 0 amide bonds. The Morgan fingerprint density at radius 3 is 1.38 bits per heavy atom. The Kier molecular flexibility index (Phi) is 5.60. The van der Waals surface area contributed by atoms with Gasteiger partial charge in [-0.25, -0.2) is 8.78 Å². The van der Waals surface area contributed by atoms with E-state index in [0.29, 0.717) is 22.5 Å². The third-order valence-electron chi connectivity index (χ3n) is 6.19. The van der Waals surface area contributed by atoms with Crippen LogP contribution in [-0.4, -0.2) is 22.7 Å². The average molecular weight is 439 g/mol. The van der Waals surface area contributed by atoms with Crippen molar-refractivity contribution in [3.8, 4) is 11.1 Å². The summed E-state index contributed by atoms with van der Waals surface area (Å²) in [6.07, 6.45) is 1.86. The predicted octanol–water partition coefficient (Wildman–Crippen LogP) is 6.89. The fraction of sp³-hybridized carbons (Fsp3) is 0.462. The van der Waals surface area contributed by atoms with Gasteiger partial charge in [-0.2, -0.15) is 0 Å². The molecule has 32 heavy (non-hydrogen) atoms. The zero-order valence-corrected chi connectivity index (χ0v) is 19.7. The van der Waals surface area contributed by atoms with Gasteiger partial charge >= 0.3 is 0 Å². The van der Waals surface area contributed by atoms with Crippen molar-refractivity contribution >= 4 is 23.0 Å². The van der Waals surface area contributed by atoms with Gasteiger partial charge in [0.15, 0.2) is 0 Å². The molecule has 4 rings (SSSR count). The molecule has 6 heteroatoms. The van der Waals surface area contributed by atoms with Gasteiger partial charge in [0.25, 0.3) is 0 Å². The zero-order valence-electron chi connectivity index (χ0n) is 19.7. The van der Waals surface area contributed by atoms with E-state index in [4.69, 9.17) is 0 Å². The van der Waals surface area contributed by atoms with Crippen LogP contribution in [0, 0.1) is 23.5 Å². The van der Waals surface area contributed by atoms with Crippen LogP contribution < -0.4 is 10.6 Å². The van der Waals surface area contributed by atoms with Gasteiger partial charge in [0.1, 0.15) is 23.3 Å². The number of aliphatic imine (C=N–C) groups is 2. The molecule has 170 valence electrons. The van der Waals surface area contributed by atoms with Gasteiger partial charge in [0.2, 0.25) is 0 Å². The van der Waals surface area contributed by atoms with E-state index in [9.17, 15) is 8.78 Å². The molecule has 0 radical (unpaired) electrons. The Bertz CT molecular complexity index is 1010. The first-order chi connectivity index (χ1) is 14.9. The number of nitrogens with zero attached hydrogens (tertiary/aromatic N) is 2. The van der Waals surface area contributed by atoms with E-state index in [0.717, 1.165) is 24.5 Å². The number of nitrogens with one attached hydrogen (secondary N) is 2. The molecular weight excluding hydrogens is 406 g/mol. The van der Waals surface area contributed by atoms with Crippen LogP contribution >= 0.6 is 0 Å². The minimum absolute atomic E-state index is 0.136. The van der Waals surface area contributed by atoms with Gasteiger partial charge < -0.3 is 10.6 Å². The van der Waals surface area contributed by atoms with E-state index in [2.05, 4.69) is 62.2 Å². The molecule has 4 nitrogen and oxygen atoms in total. The van der Waals surface area contributed by atoms with Crippen molar-refractivity contribution in [2.24, 2.45) is 21.8 Å². The third-order valence-corrected chi connectivity index (χ3v) is 6.19. The Labute approximate surface area is 189 Å². The van der Waals surface area contributed by atoms with Crippen LogP contribution in [0.2, 0.25) is 0 Å². The van der Waals surface area contributed by atoms with E-state index in [1.807, 2.05) is 0 Å². The molecule has 0 aliphatic carbocycles. The molecule has 0 saturated heterocycles. The number of rotatable bonds is 3. The third kappa shape index (κ3) is 4.69. The van der Waals surface area contributed by atoms with E-state index < -0.39 is 0 Å². The molecule has 2 aromatic carbocycles. The highest BCUT2D eigenvalue weighted by atomic mass is 19.1. The highest BCUT2D eigenvalue weighted by Crippen LogP contribution is 2.33. The van der Waals surface area contributed by atoms with Gasteiger partial charge in [-0.1, -0.05) is 26.0 Å². The minimum atomic E-state index is -0.388. The highest BCUT2D eigenvalue weighted by Gasteiger charge is 2.32. The van der Waals surface area contributed by atoms with Crippen LogP contribution in [0.4, 0.5) is 20.2 Å². The SMILES string of the molecule is CC1CC(C)(C)N=C1Nc1ccc(-c2ccc(NC3=NC(C)(C)CC3C)c(F)c2)cc1F. The summed E-state index contributed by atoms with van der Waals surface area (Å²) in [6.45, 7) is 12.5. The Morgan fingerprint density at radius 1 is 0.719 bits per heavy atom. The fourth-order valence-corrected chi connectivity index (χ4v) is 4.83. The van der Waals surface area contributed by atoms with Crippen molar-refractivity contribution in [2.45, 2.75) is 65.5 Å². The zero-order chi connectivity index (χ0) is 23.3. The van der Waals surface area contributed by atoms with Gasteiger partial charge in [-0.3, -0.25) is 9.98 Å². The second-order valence-corrected chi connectivity index (χ2v) is 10.5. The highest BCUT2D eigenvalue weighted by molar-refractivity contribution is 5.99. The molecule has 2 aliphatic heterocycles. The number of hydrogen-bond acceptors (Lipinski definition) is 4. The fourth-order valence-electron chi connectivity index (χ4n) is 4.83. The first-order valence-corrected chi connectivity index (χ1v) is 11.3. The van der Waals surface area contributed by atoms with Crippen molar-refractivity contribution in [1.82, 2.24) is 0 Å². The van der Waals surface area contributed by atoms with Crippen molar-refractivity contribution in [2.75, 3.05) is 10.6 Å². The summed E-state index contributed by atoms with van der Waals surface area (Å²) in [6, 6.07) is 9.83. The number of benzene rings is 2. The van der Waals surface area contributed by atoms with Crippen LogP contribution in [0.15, 0.2) is 46.4 Å². The molecule has 0 saturated carbocycles. The quantitative estimate of drug-likeness (QED) is 0.548. The Balaban J connectivity index is 1.52. The smallest absolute Gasteiger partial charge is 0.147 e. The van der Waals surface area contributed by atoms with Crippen LogP contribution in [0.1, 0.15) is 54.4 Å². The van der Waals surface area contributed by atoms with Crippen molar-refractivity contribution in [1.29, 1.82) is 0 Å². The van der Waals surface area contributed by atoms with Gasteiger partial charge in [0.05, 0.1) is 22.5 Å². The van der Waals surface area contributed by atoms with Crippen LogP contribution in [0.25, 0.3) is 11.1 Å². The lowest BCUT2D eigenvalue weighted by molar-refractivity contribution is 0.479. The summed E-state index contributed by atoms with van der Waals surface area (Å²) in [5.74, 6) is 1.32. The molecule has 0 bridgehead atoms. The molecule has 2 atom stereocenters. The Morgan fingerprint density at radius 2 is 1.09 bits per heavy atom. The molecule has 2 N–H and O–H groups in total. The summed E-state index contributed by atoms with van der Waals surface area (Å²) in [4.78, 5) is 9.34. The molecule has 2 aliphatic rings. The lowest BCUT2D eigenvalue weighted by atomic mass is 9.96. The second-order valence-electron chi connectivity index (χ2n) is 10.5. The molecule has 2 unspecified atom stereocenters. The van der Waals surface area contributed by atoms with Crippen molar-refractivity contribution in [3.05, 3.63) is 48.0 Å². The standard InChI is InChI=1S/C26H32F2N4/c1-15-13-25(3,4)31-23(15)29-21-9-7-17(11-19(21)27)18-8-10-22(20(28)12-18)30-24-16(2)14-26(5,6)32-24/h7-12,15-16H,13-14H2,1-6H3,(H,29,31)(H,30,32). The Hall–Kier alpha value is -2.76. The summed E-state index contributed by atoms with van der Waals surface area (Å²) in [7, 11) is 0. The monoisotopic (exact) mass is 438 g/mol. The van der Waals surface area contributed by atoms with Gasteiger partial charge in [-0.15, -0.1) is 0 Å².